The Morgan fingerprint density at radius 2 is 1.60 bits per heavy atom. The molecule has 6 nitrogen and oxygen atoms in total. The molecule has 6 heteroatoms. The second-order valence-electron chi connectivity index (χ2n) is 5.54. The Kier molecular flexibility index (Phi) is 6.50. The molecule has 0 amide bonds. The van der Waals surface area contributed by atoms with E-state index < -0.39 is 12.2 Å². The van der Waals surface area contributed by atoms with E-state index in [9.17, 15) is 10.2 Å². The van der Waals surface area contributed by atoms with Crippen molar-refractivity contribution in [2.45, 2.75) is 18.6 Å². The fourth-order valence-corrected chi connectivity index (χ4v) is 2.72. The number of phenolic OH excluding ortho intramolecular Hbond substituents is 1. The van der Waals surface area contributed by atoms with E-state index in [1.54, 1.807) is 38.5 Å². The van der Waals surface area contributed by atoms with Crippen LogP contribution in [0.4, 0.5) is 0 Å². The van der Waals surface area contributed by atoms with Crippen LogP contribution >= 0.6 is 0 Å². The Morgan fingerprint density at radius 1 is 0.880 bits per heavy atom. The summed E-state index contributed by atoms with van der Waals surface area (Å²) in [6, 6.07) is 10.3. The second-order valence-corrected chi connectivity index (χ2v) is 5.54. The largest absolute Gasteiger partial charge is 0.508 e. The van der Waals surface area contributed by atoms with Gasteiger partial charge in [0, 0.05) is 19.6 Å². The van der Waals surface area contributed by atoms with Crippen LogP contribution in [0.1, 0.15) is 17.2 Å². The Hall–Kier alpha value is -2.44. The van der Waals surface area contributed by atoms with Gasteiger partial charge in [0.1, 0.15) is 17.6 Å². The molecule has 2 aromatic carbocycles. The number of aliphatic hydroxyl groups is 1. The van der Waals surface area contributed by atoms with Crippen LogP contribution in [0.25, 0.3) is 0 Å². The smallest absolute Gasteiger partial charge is 0.161 e. The lowest BCUT2D eigenvalue weighted by atomic mass is 9.97. The quantitative estimate of drug-likeness (QED) is 0.764. The minimum Gasteiger partial charge on any atom is -0.508 e. The Balaban J connectivity index is 2.22. The van der Waals surface area contributed by atoms with E-state index in [2.05, 4.69) is 0 Å². The number of ether oxygens (including phenoxy) is 4. The van der Waals surface area contributed by atoms with E-state index in [0.29, 0.717) is 22.8 Å². The predicted molar refractivity (Wildman–Crippen MR) is 93.7 cm³/mol. The molecule has 0 aliphatic heterocycles. The Morgan fingerprint density at radius 3 is 2.16 bits per heavy atom. The van der Waals surface area contributed by atoms with Gasteiger partial charge < -0.3 is 29.2 Å². The summed E-state index contributed by atoms with van der Waals surface area (Å²) in [5.74, 6) is 1.78. The van der Waals surface area contributed by atoms with Crippen LogP contribution in [-0.2, 0) is 11.2 Å². The third kappa shape index (κ3) is 4.35. The van der Waals surface area contributed by atoms with Crippen molar-refractivity contribution < 1.29 is 29.2 Å². The van der Waals surface area contributed by atoms with Gasteiger partial charge in [-0.25, -0.2) is 0 Å². The number of hydrogen-bond acceptors (Lipinski definition) is 6. The van der Waals surface area contributed by atoms with Crippen LogP contribution in [0.3, 0.4) is 0 Å². The predicted octanol–water partition coefficient (Wildman–Crippen LogP) is 2.71. The number of benzene rings is 2. The van der Waals surface area contributed by atoms with Crippen molar-refractivity contribution in [3.63, 3.8) is 0 Å². The minimum absolute atomic E-state index is 0.0700. The summed E-state index contributed by atoms with van der Waals surface area (Å²) < 4.78 is 21.1. The lowest BCUT2D eigenvalue weighted by molar-refractivity contribution is -0.0131. The number of methoxy groups -OCH3 is 4. The van der Waals surface area contributed by atoms with Crippen LogP contribution in [0.2, 0.25) is 0 Å². The van der Waals surface area contributed by atoms with Crippen LogP contribution < -0.4 is 14.2 Å². The molecule has 0 fully saturated rings. The first-order valence-corrected chi connectivity index (χ1v) is 7.82. The molecule has 0 bridgehead atoms. The fourth-order valence-electron chi connectivity index (χ4n) is 2.72. The van der Waals surface area contributed by atoms with Crippen molar-refractivity contribution in [1.82, 2.24) is 0 Å². The van der Waals surface area contributed by atoms with Crippen molar-refractivity contribution in [2.24, 2.45) is 0 Å². The molecule has 2 rings (SSSR count). The Labute approximate surface area is 147 Å². The SMILES string of the molecule is COc1ccc(CC(O)C(OC)c2ccc(OC)c(OC)c2)c(O)c1. The van der Waals surface area contributed by atoms with E-state index in [-0.39, 0.29) is 12.2 Å². The molecule has 0 aliphatic carbocycles. The maximum Gasteiger partial charge on any atom is 0.161 e. The first-order valence-electron chi connectivity index (χ1n) is 7.82. The maximum atomic E-state index is 10.6. The van der Waals surface area contributed by atoms with Crippen LogP contribution in [0, 0.1) is 0 Å². The highest BCUT2D eigenvalue weighted by atomic mass is 16.5. The summed E-state index contributed by atoms with van der Waals surface area (Å²) >= 11 is 0. The highest BCUT2D eigenvalue weighted by Gasteiger charge is 2.23. The normalized spacial score (nSPS) is 13.2. The van der Waals surface area contributed by atoms with Gasteiger partial charge in [0.15, 0.2) is 11.5 Å². The van der Waals surface area contributed by atoms with Crippen molar-refractivity contribution in [2.75, 3.05) is 28.4 Å². The average Bonchev–Trinajstić information content (AvgIpc) is 2.63. The molecule has 0 heterocycles. The van der Waals surface area contributed by atoms with Gasteiger partial charge >= 0.3 is 0 Å². The van der Waals surface area contributed by atoms with Gasteiger partial charge in [-0.1, -0.05) is 12.1 Å². The van der Waals surface area contributed by atoms with Crippen molar-refractivity contribution in [3.05, 3.63) is 47.5 Å². The standard InChI is InChI=1S/C19H24O6/c1-22-14-7-5-12(15(20)11-14)9-16(21)19(25-4)13-6-8-17(23-2)18(10-13)24-3/h5-8,10-11,16,19-21H,9H2,1-4H3. The maximum absolute atomic E-state index is 10.6. The summed E-state index contributed by atoms with van der Waals surface area (Å²) in [5, 5.41) is 20.7. The third-order valence-electron chi connectivity index (χ3n) is 4.06. The molecular formula is C19H24O6. The van der Waals surface area contributed by atoms with Gasteiger partial charge in [-0.2, -0.15) is 0 Å². The highest BCUT2D eigenvalue weighted by Crippen LogP contribution is 2.33. The molecule has 2 unspecified atom stereocenters. The zero-order valence-corrected chi connectivity index (χ0v) is 14.9. The van der Waals surface area contributed by atoms with E-state index in [4.69, 9.17) is 18.9 Å². The van der Waals surface area contributed by atoms with Gasteiger partial charge in [0.2, 0.25) is 0 Å². The first kappa shape index (κ1) is 18.9. The molecule has 0 spiro atoms. The number of phenols is 1. The van der Waals surface area contributed by atoms with E-state index in [0.717, 1.165) is 5.56 Å². The molecule has 2 atom stereocenters. The van der Waals surface area contributed by atoms with Crippen molar-refractivity contribution in [3.8, 4) is 23.0 Å². The zero-order valence-electron chi connectivity index (χ0n) is 14.9. The van der Waals surface area contributed by atoms with Crippen molar-refractivity contribution in [1.29, 1.82) is 0 Å². The molecule has 0 aliphatic rings. The van der Waals surface area contributed by atoms with E-state index in [1.807, 2.05) is 6.07 Å². The monoisotopic (exact) mass is 348 g/mol. The van der Waals surface area contributed by atoms with Crippen molar-refractivity contribution >= 4 is 0 Å². The topological polar surface area (TPSA) is 77.4 Å². The zero-order chi connectivity index (χ0) is 18.4. The van der Waals surface area contributed by atoms with Gasteiger partial charge in [-0.3, -0.25) is 0 Å². The fraction of sp³-hybridized carbons (Fsp3) is 0.368. The first-order chi connectivity index (χ1) is 12.0. The summed E-state index contributed by atoms with van der Waals surface area (Å²) in [7, 11) is 6.17. The average molecular weight is 348 g/mol. The molecule has 0 aromatic heterocycles. The summed E-state index contributed by atoms with van der Waals surface area (Å²) in [5.41, 5.74) is 1.36. The van der Waals surface area contributed by atoms with Gasteiger partial charge in [-0.15, -0.1) is 0 Å². The molecule has 0 saturated carbocycles. The van der Waals surface area contributed by atoms with Gasteiger partial charge in [-0.05, 0) is 29.3 Å². The molecule has 0 radical (unpaired) electrons. The number of rotatable bonds is 8. The number of aliphatic hydroxyl groups excluding tert-OH is 1. The Bertz CT molecular complexity index is 700. The van der Waals surface area contributed by atoms with Crippen LogP contribution in [0.15, 0.2) is 36.4 Å². The number of hydrogen-bond donors (Lipinski definition) is 2. The summed E-state index contributed by atoms with van der Waals surface area (Å²) in [6.45, 7) is 0. The lowest BCUT2D eigenvalue weighted by Gasteiger charge is -2.23. The van der Waals surface area contributed by atoms with Gasteiger partial charge in [0.05, 0.1) is 27.4 Å². The lowest BCUT2D eigenvalue weighted by Crippen LogP contribution is -2.23. The molecule has 2 N–H and O–H groups in total. The molecule has 0 saturated heterocycles. The number of aromatic hydroxyl groups is 1. The molecule has 2 aromatic rings. The summed E-state index contributed by atoms with van der Waals surface area (Å²) in [6.07, 6.45) is -1.22. The second kappa shape index (κ2) is 8.60. The van der Waals surface area contributed by atoms with E-state index >= 15 is 0 Å². The molecule has 136 valence electrons. The molecular weight excluding hydrogens is 324 g/mol. The van der Waals surface area contributed by atoms with Crippen LogP contribution in [0.5, 0.6) is 23.0 Å². The van der Waals surface area contributed by atoms with Crippen LogP contribution in [-0.4, -0.2) is 44.8 Å². The highest BCUT2D eigenvalue weighted by molar-refractivity contribution is 5.44. The van der Waals surface area contributed by atoms with Gasteiger partial charge in [0.25, 0.3) is 0 Å². The molecule has 25 heavy (non-hydrogen) atoms. The van der Waals surface area contributed by atoms with E-state index in [1.165, 1.54) is 20.3 Å². The summed E-state index contributed by atoms with van der Waals surface area (Å²) in [4.78, 5) is 0. The third-order valence-corrected chi connectivity index (χ3v) is 4.06. The minimum atomic E-state index is -0.859.